The van der Waals surface area contributed by atoms with Crippen LogP contribution in [0.15, 0.2) is 50.2 Å². The van der Waals surface area contributed by atoms with E-state index in [2.05, 4.69) is 36.8 Å². The maximum atomic E-state index is 12.4. The monoisotopic (exact) mass is 395 g/mol. The fourth-order valence-electron chi connectivity index (χ4n) is 1.85. The Bertz CT molecular complexity index is 782. The fourth-order valence-corrected chi connectivity index (χ4v) is 4.64. The van der Waals surface area contributed by atoms with E-state index in [0.29, 0.717) is 11.1 Å². The highest BCUT2D eigenvalue weighted by Gasteiger charge is 2.16. The molecule has 0 saturated carbocycles. The lowest BCUT2D eigenvalue weighted by molar-refractivity contribution is 0.103. The zero-order valence-corrected chi connectivity index (χ0v) is 13.5. The van der Waals surface area contributed by atoms with E-state index in [0.717, 1.165) is 18.5 Å². The number of nitrogens with zero attached hydrogens (tertiary/aromatic N) is 1. The van der Waals surface area contributed by atoms with Crippen molar-refractivity contribution in [2.45, 2.75) is 0 Å². The third-order valence-corrected chi connectivity index (χ3v) is 5.09. The summed E-state index contributed by atoms with van der Waals surface area (Å²) in [6, 6.07) is 11.5. The molecule has 0 radical (unpaired) electrons. The predicted octanol–water partition coefficient (Wildman–Crippen LogP) is 5.05. The third-order valence-electron chi connectivity index (χ3n) is 2.75. The molecule has 0 N–H and O–H groups in total. The van der Waals surface area contributed by atoms with E-state index in [4.69, 9.17) is 0 Å². The Morgan fingerprint density at radius 2 is 1.95 bits per heavy atom. The SMILES string of the molecule is O=C(c1cnc2ccccc2c1)c1cc(Br)sc1Br. The van der Waals surface area contributed by atoms with Crippen LogP contribution in [0.1, 0.15) is 15.9 Å². The summed E-state index contributed by atoms with van der Waals surface area (Å²) >= 11 is 8.28. The first-order chi connectivity index (χ1) is 9.15. The van der Waals surface area contributed by atoms with Crippen LogP contribution in [0.3, 0.4) is 0 Å². The number of aromatic nitrogens is 1. The van der Waals surface area contributed by atoms with Gasteiger partial charge in [0.05, 0.1) is 13.1 Å². The molecule has 3 rings (SSSR count). The van der Waals surface area contributed by atoms with E-state index in [1.165, 1.54) is 11.3 Å². The number of halogens is 2. The Balaban J connectivity index is 2.09. The van der Waals surface area contributed by atoms with Crippen LogP contribution in [-0.2, 0) is 0 Å². The quantitative estimate of drug-likeness (QED) is 0.567. The normalized spacial score (nSPS) is 10.8. The molecule has 1 aromatic carbocycles. The molecule has 0 spiro atoms. The van der Waals surface area contributed by atoms with Gasteiger partial charge in [-0.15, -0.1) is 11.3 Å². The maximum Gasteiger partial charge on any atom is 0.196 e. The van der Waals surface area contributed by atoms with Crippen molar-refractivity contribution in [1.29, 1.82) is 0 Å². The van der Waals surface area contributed by atoms with Crippen molar-refractivity contribution >= 4 is 59.9 Å². The molecule has 94 valence electrons. The second-order valence-electron chi connectivity index (χ2n) is 3.98. The molecule has 0 bridgehead atoms. The number of hydrogen-bond donors (Lipinski definition) is 0. The molecule has 0 unspecified atom stereocenters. The molecule has 2 nitrogen and oxygen atoms in total. The third kappa shape index (κ3) is 2.50. The molecule has 0 amide bonds. The van der Waals surface area contributed by atoms with Crippen molar-refractivity contribution in [3.8, 4) is 0 Å². The lowest BCUT2D eigenvalue weighted by Crippen LogP contribution is -2.01. The number of carbonyl (C=O) groups excluding carboxylic acids is 1. The number of rotatable bonds is 2. The zero-order valence-electron chi connectivity index (χ0n) is 9.56. The van der Waals surface area contributed by atoms with E-state index < -0.39 is 0 Å². The van der Waals surface area contributed by atoms with E-state index in [9.17, 15) is 4.79 Å². The predicted molar refractivity (Wildman–Crippen MR) is 84.9 cm³/mol. The molecule has 3 aromatic rings. The highest BCUT2D eigenvalue weighted by Crippen LogP contribution is 2.33. The van der Waals surface area contributed by atoms with Crippen molar-refractivity contribution in [2.75, 3.05) is 0 Å². The lowest BCUT2D eigenvalue weighted by Gasteiger charge is -2.01. The molecule has 2 heterocycles. The van der Waals surface area contributed by atoms with Gasteiger partial charge in [-0.2, -0.15) is 0 Å². The van der Waals surface area contributed by atoms with Crippen LogP contribution in [0.2, 0.25) is 0 Å². The summed E-state index contributed by atoms with van der Waals surface area (Å²) in [5.74, 6) is -0.0212. The summed E-state index contributed by atoms with van der Waals surface area (Å²) in [4.78, 5) is 16.8. The Labute approximate surface area is 130 Å². The Morgan fingerprint density at radius 3 is 2.68 bits per heavy atom. The molecule has 0 aliphatic rings. The first-order valence-corrected chi connectivity index (χ1v) is 7.90. The topological polar surface area (TPSA) is 30.0 Å². The fraction of sp³-hybridized carbons (Fsp3) is 0. The number of para-hydroxylation sites is 1. The van der Waals surface area contributed by atoms with Gasteiger partial charge in [-0.05, 0) is 50.1 Å². The molecule has 0 saturated heterocycles. The van der Waals surface area contributed by atoms with Crippen molar-refractivity contribution in [1.82, 2.24) is 4.98 Å². The van der Waals surface area contributed by atoms with E-state index in [1.54, 1.807) is 6.20 Å². The number of carbonyl (C=O) groups is 1. The number of fused-ring (bicyclic) bond motifs is 1. The number of hydrogen-bond acceptors (Lipinski definition) is 3. The van der Waals surface area contributed by atoms with Crippen molar-refractivity contribution < 1.29 is 4.79 Å². The summed E-state index contributed by atoms with van der Waals surface area (Å²) in [6.07, 6.45) is 1.63. The van der Waals surface area contributed by atoms with Gasteiger partial charge in [-0.3, -0.25) is 9.78 Å². The van der Waals surface area contributed by atoms with E-state index in [-0.39, 0.29) is 5.78 Å². The average Bonchev–Trinajstić information content (AvgIpc) is 2.76. The first-order valence-electron chi connectivity index (χ1n) is 5.49. The van der Waals surface area contributed by atoms with Gasteiger partial charge in [0.2, 0.25) is 0 Å². The van der Waals surface area contributed by atoms with Gasteiger partial charge in [0.25, 0.3) is 0 Å². The van der Waals surface area contributed by atoms with Crippen LogP contribution in [-0.4, -0.2) is 10.8 Å². The highest BCUT2D eigenvalue weighted by molar-refractivity contribution is 9.12. The summed E-state index contributed by atoms with van der Waals surface area (Å²) in [5.41, 5.74) is 2.16. The number of pyridine rings is 1. The summed E-state index contributed by atoms with van der Waals surface area (Å²) in [5, 5.41) is 0.971. The van der Waals surface area contributed by atoms with Crippen LogP contribution < -0.4 is 0 Å². The minimum absolute atomic E-state index is 0.0212. The first kappa shape index (κ1) is 13.0. The van der Waals surface area contributed by atoms with E-state index >= 15 is 0 Å². The van der Waals surface area contributed by atoms with Gasteiger partial charge >= 0.3 is 0 Å². The molecule has 0 fully saturated rings. The largest absolute Gasteiger partial charge is 0.288 e. The molecule has 19 heavy (non-hydrogen) atoms. The van der Waals surface area contributed by atoms with Crippen LogP contribution >= 0.6 is 43.2 Å². The standard InChI is InChI=1S/C14H7Br2NOS/c15-12-6-10(14(16)19-12)13(18)9-5-8-3-1-2-4-11(8)17-7-9/h1-7H. The molecular formula is C14H7Br2NOS. The second kappa shape index (κ2) is 5.15. The average molecular weight is 397 g/mol. The molecule has 0 aliphatic carbocycles. The van der Waals surface area contributed by atoms with Gasteiger partial charge in [0.1, 0.15) is 0 Å². The Kier molecular flexibility index (Phi) is 3.52. The Hall–Kier alpha value is -1.04. The lowest BCUT2D eigenvalue weighted by atomic mass is 10.1. The van der Waals surface area contributed by atoms with Gasteiger partial charge in [0.15, 0.2) is 5.78 Å². The van der Waals surface area contributed by atoms with Crippen LogP contribution in [0.5, 0.6) is 0 Å². The second-order valence-corrected chi connectivity index (χ2v) is 7.73. The number of benzene rings is 1. The van der Waals surface area contributed by atoms with Crippen LogP contribution in [0, 0.1) is 0 Å². The summed E-state index contributed by atoms with van der Waals surface area (Å²) in [6.45, 7) is 0. The smallest absolute Gasteiger partial charge is 0.196 e. The van der Waals surface area contributed by atoms with Crippen molar-refractivity contribution in [3.63, 3.8) is 0 Å². The zero-order chi connectivity index (χ0) is 13.4. The van der Waals surface area contributed by atoms with Gasteiger partial charge in [-0.1, -0.05) is 18.2 Å². The molecule has 5 heteroatoms. The van der Waals surface area contributed by atoms with Crippen LogP contribution in [0.25, 0.3) is 10.9 Å². The van der Waals surface area contributed by atoms with Gasteiger partial charge in [-0.25, -0.2) is 0 Å². The molecule has 0 aliphatic heterocycles. The van der Waals surface area contributed by atoms with Gasteiger partial charge < -0.3 is 0 Å². The highest BCUT2D eigenvalue weighted by atomic mass is 79.9. The molecular weight excluding hydrogens is 390 g/mol. The number of ketones is 1. The minimum Gasteiger partial charge on any atom is -0.288 e. The summed E-state index contributed by atoms with van der Waals surface area (Å²) < 4.78 is 1.76. The molecule has 2 aromatic heterocycles. The van der Waals surface area contributed by atoms with E-state index in [1.807, 2.05) is 36.4 Å². The van der Waals surface area contributed by atoms with Crippen molar-refractivity contribution in [3.05, 3.63) is 61.3 Å². The van der Waals surface area contributed by atoms with Crippen LogP contribution in [0.4, 0.5) is 0 Å². The summed E-state index contributed by atoms with van der Waals surface area (Å²) in [7, 11) is 0. The number of thiophene rings is 1. The van der Waals surface area contributed by atoms with Crippen molar-refractivity contribution in [2.24, 2.45) is 0 Å². The van der Waals surface area contributed by atoms with Gasteiger partial charge in [0, 0.05) is 22.7 Å². The Morgan fingerprint density at radius 1 is 1.16 bits per heavy atom. The maximum absolute atomic E-state index is 12.4. The molecule has 0 atom stereocenters. The minimum atomic E-state index is -0.0212.